The van der Waals surface area contributed by atoms with E-state index in [0.29, 0.717) is 17.6 Å². The van der Waals surface area contributed by atoms with Crippen LogP contribution in [0, 0.1) is 0 Å². The van der Waals surface area contributed by atoms with E-state index in [-0.39, 0.29) is 24.8 Å². The van der Waals surface area contributed by atoms with Gasteiger partial charge < -0.3 is 14.7 Å². The number of carbonyl (C=O) groups excluding carboxylic acids is 3. The van der Waals surface area contributed by atoms with Crippen LogP contribution in [0.25, 0.3) is 0 Å². The van der Waals surface area contributed by atoms with Crippen LogP contribution < -0.4 is 5.32 Å². The minimum Gasteiger partial charge on any atom is -0.347 e. The second kappa shape index (κ2) is 7.20. The van der Waals surface area contributed by atoms with E-state index in [0.717, 1.165) is 17.7 Å². The number of nitrogens with one attached hydrogen (secondary N) is 1. The van der Waals surface area contributed by atoms with Crippen molar-refractivity contribution in [2.45, 2.75) is 57.0 Å². The van der Waals surface area contributed by atoms with Crippen molar-refractivity contribution in [1.82, 2.24) is 25.3 Å². The van der Waals surface area contributed by atoms with Gasteiger partial charge in [-0.15, -0.1) is 0 Å². The molecule has 1 aromatic heterocycles. The number of aromatic nitrogens is 2. The van der Waals surface area contributed by atoms with Gasteiger partial charge in [0.1, 0.15) is 6.04 Å². The van der Waals surface area contributed by atoms with Crippen LogP contribution in [0.3, 0.4) is 0 Å². The summed E-state index contributed by atoms with van der Waals surface area (Å²) in [6.07, 6.45) is 5.67. The van der Waals surface area contributed by atoms with E-state index in [2.05, 4.69) is 15.5 Å². The Morgan fingerprint density at radius 2 is 1.96 bits per heavy atom. The molecule has 1 aliphatic carbocycles. The molecule has 1 N–H and O–H groups in total. The summed E-state index contributed by atoms with van der Waals surface area (Å²) in [6, 6.07) is -1.17. The van der Waals surface area contributed by atoms with Gasteiger partial charge in [-0.2, -0.15) is 4.98 Å². The molecule has 1 saturated heterocycles. The number of likely N-dealkylation sites (N-methyl/N-ethyl adjacent to an activating group) is 2. The van der Waals surface area contributed by atoms with Gasteiger partial charge in [0.05, 0.1) is 13.0 Å². The van der Waals surface area contributed by atoms with Gasteiger partial charge in [0, 0.05) is 20.0 Å². The Labute approximate surface area is 145 Å². The molecule has 2 heterocycles. The van der Waals surface area contributed by atoms with E-state index in [4.69, 9.17) is 4.52 Å². The van der Waals surface area contributed by atoms with E-state index in [1.807, 2.05) is 0 Å². The van der Waals surface area contributed by atoms with Crippen LogP contribution in [0.1, 0.15) is 56.2 Å². The number of hydrogen-bond acceptors (Lipinski definition) is 6. The number of amides is 4. The first kappa shape index (κ1) is 17.4. The lowest BCUT2D eigenvalue weighted by Crippen LogP contribution is -2.37. The Balaban J connectivity index is 1.50. The lowest BCUT2D eigenvalue weighted by atomic mass is 9.89. The highest BCUT2D eigenvalue weighted by molar-refractivity contribution is 6.05. The molecular formula is C16H23N5O4. The second-order valence-electron chi connectivity index (χ2n) is 6.67. The van der Waals surface area contributed by atoms with Crippen molar-refractivity contribution < 1.29 is 18.9 Å². The van der Waals surface area contributed by atoms with Gasteiger partial charge in [-0.25, -0.2) is 4.79 Å². The van der Waals surface area contributed by atoms with Crippen LogP contribution >= 0.6 is 0 Å². The standard InChI is InChI=1S/C16H23N5O4/c1-20-11(15(23)21(2)16(20)24)8-12(22)17-9-13-18-14(19-25-13)10-6-4-3-5-7-10/h10-11H,3-9H2,1-2H3,(H,17,22)/t11-/m0/s1. The molecule has 0 bridgehead atoms. The fraction of sp³-hybridized carbons (Fsp3) is 0.688. The molecule has 3 rings (SSSR count). The first-order chi connectivity index (χ1) is 12.0. The van der Waals surface area contributed by atoms with Crippen LogP contribution in [-0.4, -0.2) is 57.9 Å². The van der Waals surface area contributed by atoms with Crippen molar-refractivity contribution in [2.75, 3.05) is 14.1 Å². The molecule has 1 saturated carbocycles. The Morgan fingerprint density at radius 1 is 1.24 bits per heavy atom. The zero-order valence-electron chi connectivity index (χ0n) is 14.5. The summed E-state index contributed by atoms with van der Waals surface area (Å²) in [5.41, 5.74) is 0. The highest BCUT2D eigenvalue weighted by atomic mass is 16.5. The highest BCUT2D eigenvalue weighted by Crippen LogP contribution is 2.30. The smallest absolute Gasteiger partial charge is 0.326 e. The van der Waals surface area contributed by atoms with E-state index >= 15 is 0 Å². The maximum Gasteiger partial charge on any atom is 0.326 e. The lowest BCUT2D eigenvalue weighted by molar-refractivity contribution is -0.131. The molecular weight excluding hydrogens is 326 g/mol. The summed E-state index contributed by atoms with van der Waals surface area (Å²) in [7, 11) is 2.92. The largest absolute Gasteiger partial charge is 0.347 e. The predicted octanol–water partition coefficient (Wildman–Crippen LogP) is 1.02. The second-order valence-corrected chi connectivity index (χ2v) is 6.67. The molecule has 1 aliphatic heterocycles. The minimum atomic E-state index is -0.766. The SMILES string of the molecule is CN1C(=O)[C@H](CC(=O)NCc2nc(C3CCCCC3)no2)N(C)C1=O. The van der Waals surface area contributed by atoms with Crippen LogP contribution in [-0.2, 0) is 16.1 Å². The molecule has 136 valence electrons. The summed E-state index contributed by atoms with van der Waals surface area (Å²) >= 11 is 0. The van der Waals surface area contributed by atoms with Gasteiger partial charge in [-0.05, 0) is 12.8 Å². The average Bonchev–Trinajstić information content (AvgIpc) is 3.17. The van der Waals surface area contributed by atoms with E-state index < -0.39 is 12.1 Å². The van der Waals surface area contributed by atoms with Crippen molar-refractivity contribution in [3.05, 3.63) is 11.7 Å². The fourth-order valence-electron chi connectivity index (χ4n) is 3.37. The van der Waals surface area contributed by atoms with E-state index in [1.165, 1.54) is 38.3 Å². The van der Waals surface area contributed by atoms with Crippen LogP contribution in [0.2, 0.25) is 0 Å². The quantitative estimate of drug-likeness (QED) is 0.795. The van der Waals surface area contributed by atoms with Crippen LogP contribution in [0.5, 0.6) is 0 Å². The molecule has 25 heavy (non-hydrogen) atoms. The van der Waals surface area contributed by atoms with Gasteiger partial charge in [0.25, 0.3) is 5.91 Å². The molecule has 2 fully saturated rings. The van der Waals surface area contributed by atoms with E-state index in [1.54, 1.807) is 0 Å². The van der Waals surface area contributed by atoms with Gasteiger partial charge in [0.2, 0.25) is 11.8 Å². The molecule has 9 nitrogen and oxygen atoms in total. The van der Waals surface area contributed by atoms with Crippen molar-refractivity contribution in [1.29, 1.82) is 0 Å². The first-order valence-electron chi connectivity index (χ1n) is 8.61. The van der Waals surface area contributed by atoms with Crippen molar-refractivity contribution in [3.63, 3.8) is 0 Å². The minimum absolute atomic E-state index is 0.0883. The molecule has 1 atom stereocenters. The first-order valence-corrected chi connectivity index (χ1v) is 8.61. The summed E-state index contributed by atoms with van der Waals surface area (Å²) < 4.78 is 5.20. The zero-order valence-corrected chi connectivity index (χ0v) is 14.5. The van der Waals surface area contributed by atoms with Crippen molar-refractivity contribution in [3.8, 4) is 0 Å². The predicted molar refractivity (Wildman–Crippen MR) is 86.3 cm³/mol. The molecule has 0 radical (unpaired) electrons. The maximum atomic E-state index is 12.1. The highest BCUT2D eigenvalue weighted by Gasteiger charge is 2.41. The monoisotopic (exact) mass is 349 g/mol. The Bertz CT molecular complexity index is 667. The molecule has 9 heteroatoms. The third kappa shape index (κ3) is 3.64. The molecule has 0 spiro atoms. The van der Waals surface area contributed by atoms with Gasteiger partial charge >= 0.3 is 6.03 Å². The van der Waals surface area contributed by atoms with Crippen LogP contribution in [0.4, 0.5) is 4.79 Å². The summed E-state index contributed by atoms with van der Waals surface area (Å²) in [4.78, 5) is 42.4. The third-order valence-electron chi connectivity index (χ3n) is 4.94. The Hall–Kier alpha value is -2.45. The molecule has 1 aromatic rings. The number of imide groups is 1. The zero-order chi connectivity index (χ0) is 18.0. The number of rotatable bonds is 5. The topological polar surface area (TPSA) is 109 Å². The normalized spacial score (nSPS) is 21.9. The molecule has 0 aromatic carbocycles. The van der Waals surface area contributed by atoms with Gasteiger partial charge in [-0.1, -0.05) is 24.4 Å². The number of urea groups is 1. The van der Waals surface area contributed by atoms with Crippen molar-refractivity contribution in [2.24, 2.45) is 0 Å². The summed E-state index contributed by atoms with van der Waals surface area (Å²) in [5.74, 6) is 0.689. The molecule has 0 unspecified atom stereocenters. The summed E-state index contributed by atoms with van der Waals surface area (Å²) in [5, 5.41) is 6.68. The number of hydrogen-bond donors (Lipinski definition) is 1. The molecule has 4 amide bonds. The lowest BCUT2D eigenvalue weighted by Gasteiger charge is -2.17. The summed E-state index contributed by atoms with van der Waals surface area (Å²) in [6.45, 7) is 0.118. The Morgan fingerprint density at radius 3 is 2.60 bits per heavy atom. The average molecular weight is 349 g/mol. The third-order valence-corrected chi connectivity index (χ3v) is 4.94. The van der Waals surface area contributed by atoms with Crippen molar-refractivity contribution >= 4 is 17.8 Å². The fourth-order valence-corrected chi connectivity index (χ4v) is 3.37. The van der Waals surface area contributed by atoms with Gasteiger partial charge in [0.15, 0.2) is 5.82 Å². The Kier molecular flexibility index (Phi) is 5.00. The maximum absolute atomic E-state index is 12.1. The van der Waals surface area contributed by atoms with Crippen LogP contribution in [0.15, 0.2) is 4.52 Å². The number of carbonyl (C=O) groups is 3. The number of nitrogens with zero attached hydrogens (tertiary/aromatic N) is 4. The van der Waals surface area contributed by atoms with E-state index in [9.17, 15) is 14.4 Å². The molecule has 2 aliphatic rings. The van der Waals surface area contributed by atoms with Gasteiger partial charge in [-0.3, -0.25) is 14.5 Å².